The number of hydrogen-bond donors (Lipinski definition) is 2. The van der Waals surface area contributed by atoms with Crippen molar-refractivity contribution in [3.05, 3.63) is 32.8 Å². The molecule has 0 saturated heterocycles. The van der Waals surface area contributed by atoms with Crippen LogP contribution in [0.5, 0.6) is 0 Å². The summed E-state index contributed by atoms with van der Waals surface area (Å²) in [6.45, 7) is 0. The van der Waals surface area contributed by atoms with Gasteiger partial charge in [0.15, 0.2) is 5.84 Å². The van der Waals surface area contributed by atoms with Gasteiger partial charge in [0.1, 0.15) is 5.69 Å². The summed E-state index contributed by atoms with van der Waals surface area (Å²) in [7, 11) is 0. The van der Waals surface area contributed by atoms with Crippen molar-refractivity contribution >= 4 is 28.8 Å². The molecule has 2 N–H and O–H groups in total. The van der Waals surface area contributed by atoms with Crippen molar-refractivity contribution in [1.29, 1.82) is 5.41 Å². The Bertz CT molecular complexity index is 775. The van der Waals surface area contributed by atoms with Gasteiger partial charge < -0.3 is 5.32 Å². The Morgan fingerprint density at radius 3 is 1.89 bits per heavy atom. The average Bonchev–Trinajstić information content (AvgIpc) is 2.45. The predicted octanol–water partition coefficient (Wildman–Crippen LogP) is 5.49. The van der Waals surface area contributed by atoms with E-state index in [0.717, 1.165) is 5.32 Å². The van der Waals surface area contributed by atoms with E-state index < -0.39 is 56.9 Å². The minimum atomic E-state index is -6.81. The van der Waals surface area contributed by atoms with E-state index in [1.54, 1.807) is 0 Å². The topological polar surface area (TPSA) is 79.0 Å². The number of anilines is 1. The van der Waals surface area contributed by atoms with Crippen LogP contribution in [0, 0.1) is 15.5 Å². The number of nitrogens with zero attached hydrogens (tertiary/aromatic N) is 1. The molecule has 27 heavy (non-hydrogen) atoms. The number of nitrogens with one attached hydrogen (secondary N) is 2. The Morgan fingerprint density at radius 2 is 1.52 bits per heavy atom. The highest BCUT2D eigenvalue weighted by molar-refractivity contribution is 6.34. The Balaban J connectivity index is 3.45. The van der Waals surface area contributed by atoms with Crippen molar-refractivity contribution < 1.29 is 48.8 Å². The van der Waals surface area contributed by atoms with E-state index in [2.05, 4.69) is 0 Å². The lowest BCUT2D eigenvalue weighted by atomic mass is 10.1. The lowest BCUT2D eigenvalue weighted by molar-refractivity contribution is -0.384. The Labute approximate surface area is 146 Å². The number of alkyl halides is 10. The van der Waals surface area contributed by atoms with Crippen molar-refractivity contribution in [3.8, 4) is 0 Å². The van der Waals surface area contributed by atoms with Gasteiger partial charge in [-0.05, 0) is 6.07 Å². The smallest absolute Gasteiger partial charge is 0.332 e. The van der Waals surface area contributed by atoms with E-state index >= 15 is 0 Å². The first-order valence-corrected chi connectivity index (χ1v) is 6.45. The van der Waals surface area contributed by atoms with E-state index in [1.807, 2.05) is 0 Å². The highest BCUT2D eigenvalue weighted by Crippen LogP contribution is 2.48. The molecule has 1 aromatic carbocycles. The minimum absolute atomic E-state index is 0.0375. The van der Waals surface area contributed by atoms with E-state index in [4.69, 9.17) is 17.0 Å². The van der Waals surface area contributed by atoms with Crippen LogP contribution in [0.15, 0.2) is 12.1 Å². The molecule has 0 unspecified atom stereocenters. The Hall–Kier alpha value is -2.32. The van der Waals surface area contributed by atoms with E-state index in [0.29, 0.717) is 0 Å². The number of nitro benzene ring substituents is 1. The lowest BCUT2D eigenvalue weighted by Crippen LogP contribution is -2.57. The molecule has 5 nitrogen and oxygen atoms in total. The number of hydrogen-bond acceptors (Lipinski definition) is 3. The van der Waals surface area contributed by atoms with Crippen LogP contribution in [0.2, 0.25) is 5.02 Å². The third-order valence-electron chi connectivity index (χ3n) is 2.91. The van der Waals surface area contributed by atoms with Gasteiger partial charge in [-0.1, -0.05) is 11.6 Å². The summed E-state index contributed by atoms with van der Waals surface area (Å²) in [6.07, 6.45) is -12.0. The van der Waals surface area contributed by atoms with E-state index in [9.17, 15) is 54.0 Å². The molecule has 0 saturated carbocycles. The summed E-state index contributed by atoms with van der Waals surface area (Å²) in [6, 6.07) is -0.272. The number of halogens is 11. The van der Waals surface area contributed by atoms with Crippen LogP contribution in [-0.4, -0.2) is 28.8 Å². The fourth-order valence-electron chi connectivity index (χ4n) is 1.56. The zero-order chi connectivity index (χ0) is 21.6. The molecule has 0 fully saturated rings. The third-order valence-corrected chi connectivity index (χ3v) is 3.21. The second-order valence-corrected chi connectivity index (χ2v) is 5.16. The largest absolute Gasteiger partial charge is 0.460 e. The maximum absolute atomic E-state index is 13.4. The molecule has 1 rings (SSSR count). The predicted molar refractivity (Wildman–Crippen MR) is 70.4 cm³/mol. The molecular formula is C11H4ClF10N3O2. The summed E-state index contributed by atoms with van der Waals surface area (Å²) < 4.78 is 126. The van der Waals surface area contributed by atoms with Crippen molar-refractivity contribution in [2.75, 3.05) is 5.32 Å². The van der Waals surface area contributed by atoms with E-state index in [1.165, 1.54) is 0 Å². The van der Waals surface area contributed by atoms with Gasteiger partial charge in [-0.15, -0.1) is 0 Å². The molecule has 0 aromatic heterocycles. The van der Waals surface area contributed by atoms with Crippen LogP contribution in [-0.2, 0) is 6.18 Å². The summed E-state index contributed by atoms with van der Waals surface area (Å²) in [5, 5.41) is 17.1. The number of nitro groups is 1. The Kier molecular flexibility index (Phi) is 5.63. The molecule has 16 heteroatoms. The number of benzene rings is 1. The zero-order valence-electron chi connectivity index (χ0n) is 12.1. The van der Waals surface area contributed by atoms with Crippen LogP contribution in [0.25, 0.3) is 0 Å². The molecule has 0 heterocycles. The minimum Gasteiger partial charge on any atom is -0.332 e. The molecule has 0 atom stereocenters. The summed E-state index contributed by atoms with van der Waals surface area (Å²) >= 11 is 5.26. The molecule has 0 radical (unpaired) electrons. The molecule has 0 amide bonds. The normalized spacial score (nSPS) is 13.4. The monoisotopic (exact) mass is 435 g/mol. The van der Waals surface area contributed by atoms with Crippen molar-refractivity contribution in [2.24, 2.45) is 0 Å². The van der Waals surface area contributed by atoms with Gasteiger partial charge in [0.25, 0.3) is 5.69 Å². The third kappa shape index (κ3) is 4.17. The summed E-state index contributed by atoms with van der Waals surface area (Å²) in [5.41, 5.74) is -4.92. The maximum Gasteiger partial charge on any atom is 0.460 e. The average molecular weight is 436 g/mol. The molecule has 1 aromatic rings. The summed E-state index contributed by atoms with van der Waals surface area (Å²) in [5.74, 6) is -15.9. The van der Waals surface area contributed by atoms with Crippen LogP contribution in [0.1, 0.15) is 5.56 Å². The molecule has 0 bridgehead atoms. The van der Waals surface area contributed by atoms with Crippen molar-refractivity contribution in [3.63, 3.8) is 0 Å². The second-order valence-electron chi connectivity index (χ2n) is 4.75. The van der Waals surface area contributed by atoms with Crippen LogP contribution < -0.4 is 5.32 Å². The second kappa shape index (κ2) is 6.69. The van der Waals surface area contributed by atoms with Crippen LogP contribution in [0.4, 0.5) is 55.3 Å². The number of amidine groups is 1. The molecule has 0 aliphatic heterocycles. The highest BCUT2D eigenvalue weighted by Gasteiger charge is 2.75. The van der Waals surface area contributed by atoms with Gasteiger partial charge in [0.2, 0.25) is 0 Å². The van der Waals surface area contributed by atoms with E-state index in [-0.39, 0.29) is 12.1 Å². The van der Waals surface area contributed by atoms with Crippen LogP contribution in [0.3, 0.4) is 0 Å². The van der Waals surface area contributed by atoms with Gasteiger partial charge in [0.05, 0.1) is 15.5 Å². The highest BCUT2D eigenvalue weighted by atomic mass is 35.5. The first-order chi connectivity index (χ1) is 11.8. The van der Waals surface area contributed by atoms with Crippen molar-refractivity contribution in [2.45, 2.75) is 24.2 Å². The van der Waals surface area contributed by atoms with Gasteiger partial charge in [-0.2, -0.15) is 43.9 Å². The number of rotatable bonds is 4. The molecule has 0 aliphatic carbocycles. The van der Waals surface area contributed by atoms with Gasteiger partial charge >= 0.3 is 24.2 Å². The fraction of sp³-hybridized carbons (Fsp3) is 0.364. The lowest BCUT2D eigenvalue weighted by Gasteiger charge is -2.28. The SMILES string of the molecule is N=C(Nc1c(Cl)cc(C(F)(F)F)cc1[N+](=O)[O-])C(F)(F)C(F)(F)C(F)(F)F. The molecular weight excluding hydrogens is 432 g/mol. The van der Waals surface area contributed by atoms with Gasteiger partial charge in [-0.25, -0.2) is 0 Å². The maximum atomic E-state index is 13.4. The first kappa shape index (κ1) is 22.7. The standard InChI is InChI=1S/C11H4ClF10N3O2/c12-4-1-3(9(15,16)17)2-5(25(26)27)6(4)24-7(23)8(13,14)10(18,19)11(20,21)22/h1-2H,(H2,23,24). The quantitative estimate of drug-likeness (QED) is 0.216. The Morgan fingerprint density at radius 1 is 1.04 bits per heavy atom. The zero-order valence-corrected chi connectivity index (χ0v) is 12.8. The van der Waals surface area contributed by atoms with Gasteiger partial charge in [0, 0.05) is 6.07 Å². The first-order valence-electron chi connectivity index (χ1n) is 6.07. The fourth-order valence-corrected chi connectivity index (χ4v) is 1.82. The van der Waals surface area contributed by atoms with Crippen LogP contribution >= 0.6 is 11.6 Å². The summed E-state index contributed by atoms with van der Waals surface area (Å²) in [4.78, 5) is 9.19. The van der Waals surface area contributed by atoms with Gasteiger partial charge in [-0.3, -0.25) is 15.5 Å². The molecule has 0 spiro atoms. The van der Waals surface area contributed by atoms with Crippen molar-refractivity contribution in [1.82, 2.24) is 0 Å². The molecule has 152 valence electrons. The molecule has 0 aliphatic rings.